The lowest BCUT2D eigenvalue weighted by Gasteiger charge is -2.31. The van der Waals surface area contributed by atoms with Gasteiger partial charge in [0.05, 0.1) is 12.9 Å². The Morgan fingerprint density at radius 1 is 1.05 bits per heavy atom. The van der Waals surface area contributed by atoms with Crippen LogP contribution in [0.4, 0.5) is 4.39 Å². The third kappa shape index (κ3) is 8.51. The van der Waals surface area contributed by atoms with Gasteiger partial charge in [-0.05, 0) is 41.8 Å². The SMILES string of the molecule is CCCNC(=O)C(Cc1ccccc1)N(Cc1cccc(OC)c1)C(=O)CSCc1c(F)cccc1Cl. The average Bonchev–Trinajstić information content (AvgIpc) is 2.91. The standard InChI is InChI=1S/C29H32ClFN2O3S/c1-3-15-32-29(35)27(17-21-9-5-4-6-10-21)33(18-22-11-7-12-23(16-22)36-2)28(34)20-37-19-24-25(30)13-8-14-26(24)31/h4-14,16,27H,3,15,17-20H2,1-2H3,(H,32,35). The van der Waals surface area contributed by atoms with Crippen LogP contribution in [0.25, 0.3) is 0 Å². The first-order valence-corrected chi connectivity index (χ1v) is 13.7. The lowest BCUT2D eigenvalue weighted by Crippen LogP contribution is -2.51. The van der Waals surface area contributed by atoms with Gasteiger partial charge >= 0.3 is 0 Å². The fraction of sp³-hybridized carbons (Fsp3) is 0.310. The topological polar surface area (TPSA) is 58.6 Å². The highest BCUT2D eigenvalue weighted by Crippen LogP contribution is 2.25. The van der Waals surface area contributed by atoms with Crippen LogP contribution in [-0.4, -0.2) is 42.2 Å². The number of rotatable bonds is 13. The Morgan fingerprint density at radius 2 is 1.78 bits per heavy atom. The van der Waals surface area contributed by atoms with E-state index in [1.54, 1.807) is 24.1 Å². The van der Waals surface area contributed by atoms with Crippen molar-refractivity contribution in [1.82, 2.24) is 10.2 Å². The second-order valence-electron chi connectivity index (χ2n) is 8.56. The van der Waals surface area contributed by atoms with Crippen LogP contribution in [0.2, 0.25) is 5.02 Å². The van der Waals surface area contributed by atoms with Gasteiger partial charge in [0.2, 0.25) is 11.8 Å². The van der Waals surface area contributed by atoms with E-state index >= 15 is 0 Å². The van der Waals surface area contributed by atoms with E-state index in [0.717, 1.165) is 17.5 Å². The maximum absolute atomic E-state index is 14.2. The Bertz CT molecular complexity index is 1160. The molecule has 0 heterocycles. The van der Waals surface area contributed by atoms with Crippen molar-refractivity contribution in [2.24, 2.45) is 0 Å². The molecule has 0 bridgehead atoms. The van der Waals surface area contributed by atoms with Gasteiger partial charge in [-0.1, -0.05) is 67.1 Å². The van der Waals surface area contributed by atoms with Gasteiger partial charge in [0.1, 0.15) is 17.6 Å². The number of carbonyl (C=O) groups is 2. The minimum absolute atomic E-state index is 0.0704. The second-order valence-corrected chi connectivity index (χ2v) is 9.96. The fourth-order valence-electron chi connectivity index (χ4n) is 3.88. The molecule has 0 aliphatic heterocycles. The van der Waals surface area contributed by atoms with Crippen LogP contribution in [0.5, 0.6) is 5.75 Å². The number of thioether (sulfide) groups is 1. The van der Waals surface area contributed by atoms with Crippen molar-refractivity contribution in [2.45, 2.75) is 38.1 Å². The van der Waals surface area contributed by atoms with Gasteiger partial charge in [-0.3, -0.25) is 9.59 Å². The number of nitrogens with zero attached hydrogens (tertiary/aromatic N) is 1. The van der Waals surface area contributed by atoms with E-state index in [9.17, 15) is 14.0 Å². The molecule has 0 fully saturated rings. The van der Waals surface area contributed by atoms with Crippen molar-refractivity contribution in [3.63, 3.8) is 0 Å². The Balaban J connectivity index is 1.87. The van der Waals surface area contributed by atoms with E-state index < -0.39 is 11.9 Å². The van der Waals surface area contributed by atoms with Crippen LogP contribution in [-0.2, 0) is 28.3 Å². The fourth-order valence-corrected chi connectivity index (χ4v) is 5.13. The van der Waals surface area contributed by atoms with Gasteiger partial charge in [-0.25, -0.2) is 4.39 Å². The molecular weight excluding hydrogens is 511 g/mol. The summed E-state index contributed by atoms with van der Waals surface area (Å²) < 4.78 is 19.6. The number of amides is 2. The van der Waals surface area contributed by atoms with Gasteiger partial charge in [0.25, 0.3) is 0 Å². The van der Waals surface area contributed by atoms with Crippen molar-refractivity contribution in [3.05, 3.63) is 100 Å². The maximum Gasteiger partial charge on any atom is 0.243 e. The molecule has 196 valence electrons. The zero-order valence-corrected chi connectivity index (χ0v) is 22.7. The van der Waals surface area contributed by atoms with Crippen molar-refractivity contribution >= 4 is 35.2 Å². The van der Waals surface area contributed by atoms with Crippen LogP contribution < -0.4 is 10.1 Å². The first-order chi connectivity index (χ1) is 17.9. The van der Waals surface area contributed by atoms with Gasteiger partial charge in [-0.2, -0.15) is 0 Å². The molecule has 1 atom stereocenters. The molecule has 0 saturated heterocycles. The van der Waals surface area contributed by atoms with Crippen molar-refractivity contribution in [1.29, 1.82) is 0 Å². The van der Waals surface area contributed by atoms with E-state index in [1.165, 1.54) is 17.8 Å². The normalized spacial score (nSPS) is 11.6. The smallest absolute Gasteiger partial charge is 0.243 e. The lowest BCUT2D eigenvalue weighted by molar-refractivity contribution is -0.139. The first kappa shape index (κ1) is 28.5. The summed E-state index contributed by atoms with van der Waals surface area (Å²) in [6.45, 7) is 2.73. The molecule has 1 unspecified atom stereocenters. The number of hydrogen-bond donors (Lipinski definition) is 1. The zero-order valence-electron chi connectivity index (χ0n) is 21.1. The Kier molecular flexibility index (Phi) is 11.3. The molecule has 8 heteroatoms. The predicted molar refractivity (Wildman–Crippen MR) is 148 cm³/mol. The summed E-state index contributed by atoms with van der Waals surface area (Å²) in [4.78, 5) is 28.6. The zero-order chi connectivity index (χ0) is 26.6. The largest absolute Gasteiger partial charge is 0.497 e. The second kappa shape index (κ2) is 14.6. The molecule has 0 saturated carbocycles. The van der Waals surface area contributed by atoms with E-state index in [4.69, 9.17) is 16.3 Å². The minimum atomic E-state index is -0.717. The highest BCUT2D eigenvalue weighted by atomic mass is 35.5. The number of carbonyl (C=O) groups excluding carboxylic acids is 2. The van der Waals surface area contributed by atoms with Gasteiger partial charge < -0.3 is 15.0 Å². The van der Waals surface area contributed by atoms with E-state index in [1.807, 2.05) is 61.5 Å². The first-order valence-electron chi connectivity index (χ1n) is 12.2. The van der Waals surface area contributed by atoms with Crippen LogP contribution in [0, 0.1) is 5.82 Å². The van der Waals surface area contributed by atoms with Crippen molar-refractivity contribution in [2.75, 3.05) is 19.4 Å². The molecule has 3 aromatic carbocycles. The molecule has 0 aliphatic carbocycles. The highest BCUT2D eigenvalue weighted by molar-refractivity contribution is 7.99. The maximum atomic E-state index is 14.2. The molecule has 2 amide bonds. The van der Waals surface area contributed by atoms with Gasteiger partial charge in [-0.15, -0.1) is 11.8 Å². The molecule has 0 aromatic heterocycles. The number of methoxy groups -OCH3 is 1. The average molecular weight is 543 g/mol. The molecule has 1 N–H and O–H groups in total. The van der Waals surface area contributed by atoms with Crippen molar-refractivity contribution < 1.29 is 18.7 Å². The molecular formula is C29H32ClFN2O3S. The summed E-state index contributed by atoms with van der Waals surface area (Å²) in [7, 11) is 1.59. The third-order valence-electron chi connectivity index (χ3n) is 5.84. The summed E-state index contributed by atoms with van der Waals surface area (Å²) in [6.07, 6.45) is 1.16. The summed E-state index contributed by atoms with van der Waals surface area (Å²) in [5.41, 5.74) is 2.16. The Hall–Kier alpha value is -3.03. The molecule has 3 aromatic rings. The molecule has 0 aliphatic rings. The van der Waals surface area contributed by atoms with Gasteiger partial charge in [0, 0.05) is 35.8 Å². The molecule has 0 radical (unpaired) electrons. The summed E-state index contributed by atoms with van der Waals surface area (Å²) in [6, 6.07) is 20.9. The number of hydrogen-bond acceptors (Lipinski definition) is 4. The number of benzene rings is 3. The molecule has 0 spiro atoms. The van der Waals surface area contributed by atoms with E-state index in [2.05, 4.69) is 5.32 Å². The van der Waals surface area contributed by atoms with Crippen LogP contribution in [0.15, 0.2) is 72.8 Å². The summed E-state index contributed by atoms with van der Waals surface area (Å²) >= 11 is 7.43. The number of ether oxygens (including phenoxy) is 1. The third-order valence-corrected chi connectivity index (χ3v) is 7.14. The minimum Gasteiger partial charge on any atom is -0.497 e. The summed E-state index contributed by atoms with van der Waals surface area (Å²) in [5.74, 6) is 0.165. The van der Waals surface area contributed by atoms with E-state index in [-0.39, 0.29) is 29.9 Å². The van der Waals surface area contributed by atoms with Crippen LogP contribution >= 0.6 is 23.4 Å². The molecule has 37 heavy (non-hydrogen) atoms. The molecule has 5 nitrogen and oxygen atoms in total. The quantitative estimate of drug-likeness (QED) is 0.293. The lowest BCUT2D eigenvalue weighted by atomic mass is 10.0. The number of nitrogens with one attached hydrogen (secondary N) is 1. The van der Waals surface area contributed by atoms with Crippen LogP contribution in [0.1, 0.15) is 30.0 Å². The van der Waals surface area contributed by atoms with E-state index in [0.29, 0.717) is 29.3 Å². The number of halogens is 2. The Morgan fingerprint density at radius 3 is 2.49 bits per heavy atom. The van der Waals surface area contributed by atoms with Gasteiger partial charge in [0.15, 0.2) is 0 Å². The Labute approximate surface area is 227 Å². The van der Waals surface area contributed by atoms with Crippen molar-refractivity contribution in [3.8, 4) is 5.75 Å². The molecule has 3 rings (SSSR count). The summed E-state index contributed by atoms with van der Waals surface area (Å²) in [5, 5.41) is 3.29. The monoisotopic (exact) mass is 542 g/mol. The predicted octanol–water partition coefficient (Wildman–Crippen LogP) is 5.89. The van der Waals surface area contributed by atoms with Crippen LogP contribution in [0.3, 0.4) is 0 Å². The highest BCUT2D eigenvalue weighted by Gasteiger charge is 2.30.